The van der Waals surface area contributed by atoms with Crippen molar-refractivity contribution in [2.45, 2.75) is 58.3 Å². The van der Waals surface area contributed by atoms with Crippen LogP contribution in [-0.2, 0) is 4.79 Å². The number of carbonyl (C=O) groups is 1. The van der Waals surface area contributed by atoms with Crippen LogP contribution in [-0.4, -0.2) is 17.5 Å². The van der Waals surface area contributed by atoms with Gasteiger partial charge in [-0.3, -0.25) is 4.79 Å². The maximum absolute atomic E-state index is 11.7. The number of rotatable bonds is 1. The number of hydrogen-bond donors (Lipinski definition) is 1. The van der Waals surface area contributed by atoms with E-state index in [2.05, 4.69) is 6.92 Å². The smallest absolute Gasteiger partial charge is 0.155 e. The zero-order valence-corrected chi connectivity index (χ0v) is 13.2. The van der Waals surface area contributed by atoms with Crippen molar-refractivity contribution in [2.75, 3.05) is 6.61 Å². The van der Waals surface area contributed by atoms with E-state index in [0.717, 1.165) is 37.0 Å². The SMILES string of the molecule is C[C@H]1CCC2C3CCC4=CC(=O)CCC4C3CC[C@@]21CO. The van der Waals surface area contributed by atoms with Crippen LogP contribution in [0.3, 0.4) is 0 Å². The van der Waals surface area contributed by atoms with Crippen molar-refractivity contribution in [2.24, 2.45) is 35.0 Å². The molecule has 0 bridgehead atoms. The second-order valence-corrected chi connectivity index (χ2v) is 8.21. The zero-order chi connectivity index (χ0) is 14.6. The van der Waals surface area contributed by atoms with Crippen molar-refractivity contribution >= 4 is 5.78 Å². The lowest BCUT2D eigenvalue weighted by Crippen LogP contribution is -2.49. The van der Waals surface area contributed by atoms with E-state index in [9.17, 15) is 9.90 Å². The molecule has 3 fully saturated rings. The van der Waals surface area contributed by atoms with Crippen LogP contribution < -0.4 is 0 Å². The summed E-state index contributed by atoms with van der Waals surface area (Å²) in [7, 11) is 0. The molecule has 21 heavy (non-hydrogen) atoms. The topological polar surface area (TPSA) is 37.3 Å². The van der Waals surface area contributed by atoms with Gasteiger partial charge in [-0.2, -0.15) is 0 Å². The van der Waals surface area contributed by atoms with Gasteiger partial charge in [0.2, 0.25) is 0 Å². The highest BCUT2D eigenvalue weighted by Crippen LogP contribution is 2.63. The number of fused-ring (bicyclic) bond motifs is 5. The van der Waals surface area contributed by atoms with Crippen LogP contribution in [0.2, 0.25) is 0 Å². The molecule has 0 aliphatic heterocycles. The van der Waals surface area contributed by atoms with E-state index < -0.39 is 0 Å². The van der Waals surface area contributed by atoms with Crippen molar-refractivity contribution in [3.8, 4) is 0 Å². The van der Waals surface area contributed by atoms with Gasteiger partial charge in [0.25, 0.3) is 0 Å². The van der Waals surface area contributed by atoms with E-state index in [1.807, 2.05) is 6.08 Å². The molecule has 0 radical (unpaired) electrons. The fourth-order valence-corrected chi connectivity index (χ4v) is 6.61. The van der Waals surface area contributed by atoms with E-state index >= 15 is 0 Å². The number of aliphatic hydroxyl groups is 1. The van der Waals surface area contributed by atoms with E-state index in [1.54, 1.807) is 0 Å². The van der Waals surface area contributed by atoms with Crippen LogP contribution in [0.4, 0.5) is 0 Å². The normalized spacial score (nSPS) is 49.1. The Hall–Kier alpha value is -0.630. The zero-order valence-electron chi connectivity index (χ0n) is 13.2. The second kappa shape index (κ2) is 4.94. The number of allylic oxidation sites excluding steroid dienone is 1. The molecule has 0 spiro atoms. The van der Waals surface area contributed by atoms with Crippen molar-refractivity contribution in [3.05, 3.63) is 11.6 Å². The minimum absolute atomic E-state index is 0.229. The molecule has 2 heteroatoms. The first-order valence-corrected chi connectivity index (χ1v) is 9.00. The van der Waals surface area contributed by atoms with E-state index in [0.29, 0.717) is 24.2 Å². The van der Waals surface area contributed by atoms with Crippen LogP contribution in [0.25, 0.3) is 0 Å². The third kappa shape index (κ3) is 1.91. The lowest BCUT2D eigenvalue weighted by atomic mass is 9.51. The lowest BCUT2D eigenvalue weighted by molar-refractivity contribution is -0.116. The largest absolute Gasteiger partial charge is 0.396 e. The monoisotopic (exact) mass is 288 g/mol. The summed E-state index contributed by atoms with van der Waals surface area (Å²) in [6.07, 6.45) is 11.4. The molecular formula is C19H28O2. The number of ketones is 1. The Morgan fingerprint density at radius 3 is 2.81 bits per heavy atom. The van der Waals surface area contributed by atoms with E-state index in [-0.39, 0.29) is 5.41 Å². The summed E-state index contributed by atoms with van der Waals surface area (Å²) < 4.78 is 0. The maximum atomic E-state index is 11.7. The van der Waals surface area contributed by atoms with Crippen LogP contribution in [0.1, 0.15) is 58.3 Å². The third-order valence-electron chi connectivity index (χ3n) is 7.74. The van der Waals surface area contributed by atoms with Crippen LogP contribution >= 0.6 is 0 Å². The van der Waals surface area contributed by atoms with Gasteiger partial charge in [-0.15, -0.1) is 0 Å². The first-order chi connectivity index (χ1) is 10.2. The van der Waals surface area contributed by atoms with E-state index in [1.165, 1.54) is 37.7 Å². The summed E-state index contributed by atoms with van der Waals surface area (Å²) >= 11 is 0. The first-order valence-electron chi connectivity index (χ1n) is 9.00. The Kier molecular flexibility index (Phi) is 3.29. The molecular weight excluding hydrogens is 260 g/mol. The molecule has 4 aliphatic rings. The predicted octanol–water partition coefficient (Wildman–Crippen LogP) is 3.74. The van der Waals surface area contributed by atoms with E-state index in [4.69, 9.17) is 0 Å². The average Bonchev–Trinajstić information content (AvgIpc) is 2.84. The van der Waals surface area contributed by atoms with Crippen molar-refractivity contribution < 1.29 is 9.90 Å². The lowest BCUT2D eigenvalue weighted by Gasteiger charge is -2.54. The number of hydrogen-bond acceptors (Lipinski definition) is 2. The van der Waals surface area contributed by atoms with Crippen molar-refractivity contribution in [3.63, 3.8) is 0 Å². The fraction of sp³-hybridized carbons (Fsp3) is 0.842. The Balaban J connectivity index is 1.64. The average molecular weight is 288 g/mol. The molecule has 1 N–H and O–H groups in total. The molecule has 2 nitrogen and oxygen atoms in total. The maximum Gasteiger partial charge on any atom is 0.155 e. The van der Waals surface area contributed by atoms with Gasteiger partial charge in [-0.05, 0) is 86.0 Å². The minimum atomic E-state index is 0.229. The van der Waals surface area contributed by atoms with Crippen LogP contribution in [0, 0.1) is 35.0 Å². The highest BCUT2D eigenvalue weighted by atomic mass is 16.3. The Labute approximate surface area is 128 Å². The van der Waals surface area contributed by atoms with Gasteiger partial charge in [-0.25, -0.2) is 0 Å². The molecule has 0 aromatic heterocycles. The molecule has 0 heterocycles. The van der Waals surface area contributed by atoms with Gasteiger partial charge < -0.3 is 5.11 Å². The molecule has 0 aromatic carbocycles. The highest BCUT2D eigenvalue weighted by Gasteiger charge is 2.56. The third-order valence-corrected chi connectivity index (χ3v) is 7.74. The Morgan fingerprint density at radius 2 is 2.00 bits per heavy atom. The van der Waals surface area contributed by atoms with Gasteiger partial charge in [0, 0.05) is 13.0 Å². The van der Waals surface area contributed by atoms with Gasteiger partial charge in [-0.1, -0.05) is 12.5 Å². The van der Waals surface area contributed by atoms with Gasteiger partial charge in [0.15, 0.2) is 5.78 Å². The highest BCUT2D eigenvalue weighted by molar-refractivity contribution is 5.91. The molecule has 4 unspecified atom stereocenters. The summed E-state index contributed by atoms with van der Waals surface area (Å²) in [6.45, 7) is 2.76. The summed E-state index contributed by atoms with van der Waals surface area (Å²) in [6, 6.07) is 0. The van der Waals surface area contributed by atoms with Gasteiger partial charge >= 0.3 is 0 Å². The summed E-state index contributed by atoms with van der Waals surface area (Å²) in [4.78, 5) is 11.7. The predicted molar refractivity (Wildman–Crippen MR) is 82.7 cm³/mol. The molecule has 4 aliphatic carbocycles. The first kappa shape index (κ1) is 14.0. The van der Waals surface area contributed by atoms with Crippen molar-refractivity contribution in [1.82, 2.24) is 0 Å². The van der Waals surface area contributed by atoms with Gasteiger partial charge in [0.1, 0.15) is 0 Å². The summed E-state index contributed by atoms with van der Waals surface area (Å²) in [5, 5.41) is 10.1. The number of carbonyl (C=O) groups excluding carboxylic acids is 1. The molecule has 4 rings (SSSR count). The Morgan fingerprint density at radius 1 is 1.14 bits per heavy atom. The molecule has 116 valence electrons. The quantitative estimate of drug-likeness (QED) is 0.798. The fourth-order valence-electron chi connectivity index (χ4n) is 6.61. The second-order valence-electron chi connectivity index (χ2n) is 8.21. The van der Waals surface area contributed by atoms with Crippen LogP contribution in [0.5, 0.6) is 0 Å². The minimum Gasteiger partial charge on any atom is -0.396 e. The number of aliphatic hydroxyl groups excluding tert-OH is 1. The van der Waals surface area contributed by atoms with Crippen LogP contribution in [0.15, 0.2) is 11.6 Å². The molecule has 0 aromatic rings. The molecule has 6 atom stereocenters. The Bertz CT molecular complexity index is 480. The standard InChI is InChI=1S/C19H28O2/c1-12-2-7-18-17-5-3-13-10-14(21)4-6-15(13)16(17)8-9-19(12,18)11-20/h10,12,15-18,20H,2-9,11H2,1H3/t12-,15?,16?,17?,18?,19-/m0/s1. The summed E-state index contributed by atoms with van der Waals surface area (Å²) in [5.74, 6) is 4.09. The molecule has 0 saturated heterocycles. The molecule has 0 amide bonds. The molecule has 3 saturated carbocycles. The van der Waals surface area contributed by atoms with Gasteiger partial charge in [0.05, 0.1) is 0 Å². The summed E-state index contributed by atoms with van der Waals surface area (Å²) in [5.41, 5.74) is 1.70. The van der Waals surface area contributed by atoms with Crippen molar-refractivity contribution in [1.29, 1.82) is 0 Å².